The second-order valence-corrected chi connectivity index (χ2v) is 13.8. The van der Waals surface area contributed by atoms with Gasteiger partial charge in [-0.1, -0.05) is 40.9 Å². The zero-order chi connectivity index (χ0) is 31.6. The Kier molecular flexibility index (Phi) is 10.9. The molecule has 7 nitrogen and oxygen atoms in total. The molecule has 42 heavy (non-hydrogen) atoms. The third-order valence-corrected chi connectivity index (χ3v) is 10.5. The average molecular weight is 591 g/mol. The summed E-state index contributed by atoms with van der Waals surface area (Å²) in [6.45, 7) is 18.8. The molecule has 0 aliphatic heterocycles. The topological polar surface area (TPSA) is 80.3 Å². The fourth-order valence-corrected chi connectivity index (χ4v) is 9.77. The number of carbonyl (C=O) groups excluding carboxylic acids is 2. The van der Waals surface area contributed by atoms with E-state index in [0.717, 1.165) is 70.6 Å². The molecular formula is C35H58O7. The molecule has 7 heteroatoms. The summed E-state index contributed by atoms with van der Waals surface area (Å²) >= 11 is 0. The van der Waals surface area contributed by atoms with Crippen molar-refractivity contribution in [2.75, 3.05) is 21.3 Å². The second-order valence-electron chi connectivity index (χ2n) is 13.8. The summed E-state index contributed by atoms with van der Waals surface area (Å²) in [4.78, 5) is 23.9. The van der Waals surface area contributed by atoms with Gasteiger partial charge in [-0.25, -0.2) is 9.59 Å². The summed E-state index contributed by atoms with van der Waals surface area (Å²) in [7, 11) is 5.34. The van der Waals surface area contributed by atoms with Crippen LogP contribution in [0.1, 0.15) is 119 Å². The molecule has 0 aromatic rings. The third-order valence-electron chi connectivity index (χ3n) is 10.5. The molecule has 8 aliphatic carbocycles. The van der Waals surface area contributed by atoms with Crippen LogP contribution in [0.25, 0.3) is 0 Å². The van der Waals surface area contributed by atoms with Gasteiger partial charge in [0, 0.05) is 58.2 Å². The fraction of sp³-hybridized carbons (Fsp3) is 0.829. The summed E-state index contributed by atoms with van der Waals surface area (Å²) in [5.41, 5.74) is -0.150. The Bertz CT molecular complexity index is 981. The van der Waals surface area contributed by atoms with Crippen LogP contribution in [-0.4, -0.2) is 61.3 Å². The van der Waals surface area contributed by atoms with E-state index in [-0.39, 0.29) is 34.3 Å². The molecule has 0 heterocycles. The number of rotatable bonds is 7. The molecule has 0 aromatic carbocycles. The van der Waals surface area contributed by atoms with Crippen molar-refractivity contribution in [3.63, 3.8) is 0 Å². The van der Waals surface area contributed by atoms with Crippen molar-refractivity contribution in [2.24, 2.45) is 17.8 Å². The van der Waals surface area contributed by atoms with Crippen LogP contribution in [-0.2, 0) is 33.3 Å². The van der Waals surface area contributed by atoms with Gasteiger partial charge >= 0.3 is 11.9 Å². The van der Waals surface area contributed by atoms with Gasteiger partial charge in [-0.15, -0.1) is 0 Å². The maximum Gasteiger partial charge on any atom is 0.333 e. The highest BCUT2D eigenvalue weighted by atomic mass is 16.6. The third kappa shape index (κ3) is 6.83. The van der Waals surface area contributed by atoms with Gasteiger partial charge in [0.05, 0.1) is 16.8 Å². The highest BCUT2D eigenvalue weighted by Crippen LogP contribution is 2.63. The molecule has 8 fully saturated rings. The summed E-state index contributed by atoms with van der Waals surface area (Å²) < 4.78 is 29.2. The van der Waals surface area contributed by atoms with Gasteiger partial charge in [0.15, 0.2) is 0 Å². The Labute approximate surface area is 255 Å². The van der Waals surface area contributed by atoms with Crippen molar-refractivity contribution < 1.29 is 33.3 Å². The minimum Gasteiger partial charge on any atom is -0.456 e. The Morgan fingerprint density at radius 1 is 0.524 bits per heavy atom. The van der Waals surface area contributed by atoms with E-state index in [2.05, 4.69) is 13.2 Å². The lowest BCUT2D eigenvalue weighted by Gasteiger charge is -2.64. The molecular weight excluding hydrogens is 532 g/mol. The molecule has 0 N–H and O–H groups in total. The lowest BCUT2D eigenvalue weighted by Crippen LogP contribution is -2.68. The zero-order valence-electron chi connectivity index (χ0n) is 28.0. The van der Waals surface area contributed by atoms with Gasteiger partial charge in [-0.2, -0.15) is 0 Å². The highest BCUT2D eigenvalue weighted by molar-refractivity contribution is 5.87. The van der Waals surface area contributed by atoms with Crippen molar-refractivity contribution in [1.29, 1.82) is 0 Å². The summed E-state index contributed by atoms with van der Waals surface area (Å²) in [6.07, 6.45) is 12.0. The quantitative estimate of drug-likeness (QED) is 0.224. The first-order chi connectivity index (χ1) is 19.8. The molecule has 8 rings (SSSR count). The molecule has 240 valence electrons. The minimum absolute atomic E-state index is 0.0283. The summed E-state index contributed by atoms with van der Waals surface area (Å²) in [5.74, 6) is 1.34. The first-order valence-electron chi connectivity index (χ1n) is 16.2. The van der Waals surface area contributed by atoms with Crippen molar-refractivity contribution in [1.82, 2.24) is 0 Å². The van der Waals surface area contributed by atoms with Crippen LogP contribution >= 0.6 is 0 Å². The number of hydrogen-bond donors (Lipinski definition) is 0. The molecule has 0 spiro atoms. The van der Waals surface area contributed by atoms with Crippen molar-refractivity contribution >= 4 is 11.9 Å². The van der Waals surface area contributed by atoms with Crippen molar-refractivity contribution in [2.45, 2.75) is 147 Å². The monoisotopic (exact) mass is 590 g/mol. The minimum atomic E-state index is -0.429. The van der Waals surface area contributed by atoms with E-state index in [1.54, 1.807) is 35.2 Å². The summed E-state index contributed by atoms with van der Waals surface area (Å²) in [5, 5.41) is 0. The first kappa shape index (κ1) is 34.8. The van der Waals surface area contributed by atoms with Crippen LogP contribution in [0.5, 0.6) is 0 Å². The van der Waals surface area contributed by atoms with Crippen molar-refractivity contribution in [3.8, 4) is 0 Å². The Hall–Kier alpha value is -1.70. The SMILES string of the molecule is C=C(C)C(=O)OC12CC3CC(CC(OC)(C3)C1)C2.C=C(C)C(=O)OC12CC3CC(OC)(CC(OC)(C3)C1)C2.CC.CC. The Morgan fingerprint density at radius 2 is 0.833 bits per heavy atom. The van der Waals surface area contributed by atoms with E-state index < -0.39 is 5.60 Å². The van der Waals surface area contributed by atoms with Gasteiger partial charge < -0.3 is 23.7 Å². The predicted molar refractivity (Wildman–Crippen MR) is 165 cm³/mol. The number of hydrogen-bond acceptors (Lipinski definition) is 7. The van der Waals surface area contributed by atoms with Crippen molar-refractivity contribution in [3.05, 3.63) is 24.3 Å². The van der Waals surface area contributed by atoms with Crippen LogP contribution in [0.3, 0.4) is 0 Å². The molecule has 8 saturated carbocycles. The zero-order valence-corrected chi connectivity index (χ0v) is 28.0. The molecule has 4 unspecified atom stereocenters. The van der Waals surface area contributed by atoms with E-state index in [9.17, 15) is 9.59 Å². The van der Waals surface area contributed by atoms with E-state index in [1.165, 1.54) is 6.42 Å². The number of carbonyl (C=O) groups is 2. The highest BCUT2D eigenvalue weighted by Gasteiger charge is 2.66. The first-order valence-corrected chi connectivity index (χ1v) is 16.2. The predicted octanol–water partition coefficient (Wildman–Crippen LogP) is 7.51. The molecule has 8 bridgehead atoms. The second kappa shape index (κ2) is 13.1. The fourth-order valence-electron chi connectivity index (χ4n) is 9.77. The number of ether oxygens (including phenoxy) is 5. The standard InChI is InChI=1S/C16H24O4.C15H22O3.2C2H6/c1-11(2)13(17)20-16-7-12-5-14(9-16,18-3)8-15(6-12,10-16)19-4;1-10(2)13(16)18-15-7-11-4-12(8-15)6-14(5-11,9-15)17-3;2*1-2/h12H,1,5-10H2,2-4H3;11-12H,1,4-9H2,2-3H3;2*1-2H3. The van der Waals surface area contributed by atoms with Crippen LogP contribution in [0.2, 0.25) is 0 Å². The van der Waals surface area contributed by atoms with Crippen LogP contribution in [0.4, 0.5) is 0 Å². The average Bonchev–Trinajstić information content (AvgIpc) is 2.93. The lowest BCUT2D eigenvalue weighted by molar-refractivity contribution is -0.273. The number of methoxy groups -OCH3 is 3. The smallest absolute Gasteiger partial charge is 0.333 e. The Balaban J connectivity index is 0.000000207. The largest absolute Gasteiger partial charge is 0.456 e. The van der Waals surface area contributed by atoms with Crippen LogP contribution in [0, 0.1) is 17.8 Å². The molecule has 0 saturated heterocycles. The Morgan fingerprint density at radius 3 is 1.24 bits per heavy atom. The molecule has 4 atom stereocenters. The van der Waals surface area contributed by atoms with E-state index in [4.69, 9.17) is 23.7 Å². The van der Waals surface area contributed by atoms with Gasteiger partial charge in [0.1, 0.15) is 11.2 Å². The maximum absolute atomic E-state index is 12.0. The molecule has 0 amide bonds. The summed E-state index contributed by atoms with van der Waals surface area (Å²) in [6, 6.07) is 0. The van der Waals surface area contributed by atoms with Crippen LogP contribution in [0.15, 0.2) is 24.3 Å². The van der Waals surface area contributed by atoms with Crippen LogP contribution < -0.4 is 0 Å². The maximum atomic E-state index is 12.0. The van der Waals surface area contributed by atoms with E-state index in [1.807, 2.05) is 27.7 Å². The normalized spacial score (nSPS) is 41.2. The van der Waals surface area contributed by atoms with E-state index in [0.29, 0.717) is 28.9 Å². The molecule has 0 radical (unpaired) electrons. The lowest BCUT2D eigenvalue weighted by atomic mass is 9.50. The van der Waals surface area contributed by atoms with Gasteiger partial charge in [-0.3, -0.25) is 0 Å². The van der Waals surface area contributed by atoms with Gasteiger partial charge in [-0.05, 0) is 83.0 Å². The van der Waals surface area contributed by atoms with Gasteiger partial charge in [0.25, 0.3) is 0 Å². The van der Waals surface area contributed by atoms with E-state index >= 15 is 0 Å². The molecule has 8 aliphatic rings. The number of esters is 2. The molecule has 0 aromatic heterocycles. The van der Waals surface area contributed by atoms with Gasteiger partial charge in [0.2, 0.25) is 0 Å².